The van der Waals surface area contributed by atoms with Gasteiger partial charge in [0.15, 0.2) is 17.0 Å². The van der Waals surface area contributed by atoms with Gasteiger partial charge in [-0.25, -0.2) is 13.4 Å². The third-order valence-corrected chi connectivity index (χ3v) is 7.96. The number of anilines is 4. The molecule has 11 heteroatoms. The molecule has 0 unspecified atom stereocenters. The number of hydrogen-bond acceptors (Lipinski definition) is 8. The zero-order chi connectivity index (χ0) is 26.0. The lowest BCUT2D eigenvalue weighted by atomic mass is 9.93. The first kappa shape index (κ1) is 25.0. The Bertz CT molecular complexity index is 1480. The number of nitrogens with one attached hydrogen (secondary N) is 3. The number of hydrogen-bond donors (Lipinski definition) is 4. The topological polar surface area (TPSA) is 134 Å². The number of benzene rings is 2. The predicted molar refractivity (Wildman–Crippen MR) is 145 cm³/mol. The van der Waals surface area contributed by atoms with Crippen molar-refractivity contribution in [3.8, 4) is 0 Å². The van der Waals surface area contributed by atoms with E-state index in [4.69, 9.17) is 9.97 Å². The van der Waals surface area contributed by atoms with Gasteiger partial charge in [-0.15, -0.1) is 0 Å². The molecule has 0 saturated heterocycles. The molecular formula is C26H31N7O3S. The molecule has 4 aromatic rings. The molecule has 0 bridgehead atoms. The van der Waals surface area contributed by atoms with Crippen molar-refractivity contribution in [3.63, 3.8) is 0 Å². The third-order valence-electron chi connectivity index (χ3n) is 6.57. The third kappa shape index (κ3) is 5.67. The summed E-state index contributed by atoms with van der Waals surface area (Å²) in [4.78, 5) is 14.1. The monoisotopic (exact) mass is 521 g/mol. The number of aliphatic hydroxyl groups is 1. The van der Waals surface area contributed by atoms with Crippen LogP contribution >= 0.6 is 0 Å². The van der Waals surface area contributed by atoms with Crippen molar-refractivity contribution in [3.05, 3.63) is 60.4 Å². The molecule has 5 rings (SSSR count). The van der Waals surface area contributed by atoms with Gasteiger partial charge in [-0.2, -0.15) is 9.97 Å². The standard InChI is InChI=1S/C26H31N7O3S/c1-3-33-16-27-23-24(30-26(31-25(23)33)29-19-10-12-21(34)13-11-19)28-18-6-8-20(9-7-18)32-37(35,36)22-14-4-17(2)5-15-22/h4-9,14-16,19,21,32,34H,3,10-13H2,1-2H3,(H2,28,29,30,31). The maximum atomic E-state index is 12.7. The van der Waals surface area contributed by atoms with E-state index in [2.05, 4.69) is 20.3 Å². The number of aliphatic hydroxyl groups excluding tert-OH is 1. The van der Waals surface area contributed by atoms with Crippen LogP contribution in [0, 0.1) is 6.92 Å². The first-order valence-electron chi connectivity index (χ1n) is 12.4. The Kier molecular flexibility index (Phi) is 6.98. The van der Waals surface area contributed by atoms with Gasteiger partial charge in [0.2, 0.25) is 5.95 Å². The second kappa shape index (κ2) is 10.3. The van der Waals surface area contributed by atoms with E-state index in [1.165, 1.54) is 0 Å². The SMILES string of the molecule is CCn1cnc2c(Nc3ccc(NS(=O)(=O)c4ccc(C)cc4)cc3)nc(NC3CCC(O)CC3)nc21. The van der Waals surface area contributed by atoms with Crippen LogP contribution in [0.5, 0.6) is 0 Å². The summed E-state index contributed by atoms with van der Waals surface area (Å²) < 4.78 is 30.0. The molecule has 4 N–H and O–H groups in total. The fourth-order valence-corrected chi connectivity index (χ4v) is 5.48. The Balaban J connectivity index is 1.36. The van der Waals surface area contributed by atoms with Crippen LogP contribution in [0.3, 0.4) is 0 Å². The van der Waals surface area contributed by atoms with Crippen molar-refractivity contribution < 1.29 is 13.5 Å². The summed E-state index contributed by atoms with van der Waals surface area (Å²) in [5, 5.41) is 16.6. The van der Waals surface area contributed by atoms with Crippen molar-refractivity contribution in [2.75, 3.05) is 15.4 Å². The van der Waals surface area contributed by atoms with E-state index in [-0.39, 0.29) is 17.0 Å². The molecule has 0 radical (unpaired) electrons. The van der Waals surface area contributed by atoms with Crippen molar-refractivity contribution >= 4 is 44.3 Å². The Hall–Kier alpha value is -3.70. The van der Waals surface area contributed by atoms with Gasteiger partial charge < -0.3 is 20.3 Å². The molecule has 0 aliphatic heterocycles. The number of aromatic nitrogens is 4. The van der Waals surface area contributed by atoms with Gasteiger partial charge in [0.05, 0.1) is 17.3 Å². The summed E-state index contributed by atoms with van der Waals surface area (Å²) in [6.45, 7) is 4.66. The second-order valence-corrected chi connectivity index (χ2v) is 11.1. The van der Waals surface area contributed by atoms with Crippen LogP contribution in [0.15, 0.2) is 59.8 Å². The number of fused-ring (bicyclic) bond motifs is 1. The molecule has 0 atom stereocenters. The molecule has 1 aliphatic carbocycles. The average Bonchev–Trinajstić information content (AvgIpc) is 3.30. The van der Waals surface area contributed by atoms with E-state index in [9.17, 15) is 13.5 Å². The summed E-state index contributed by atoms with van der Waals surface area (Å²) in [6.07, 6.45) is 4.75. The number of nitrogens with zero attached hydrogens (tertiary/aromatic N) is 4. The largest absolute Gasteiger partial charge is 0.393 e. The van der Waals surface area contributed by atoms with E-state index in [1.54, 1.807) is 54.9 Å². The van der Waals surface area contributed by atoms with Crippen LogP contribution in [-0.4, -0.2) is 45.2 Å². The Labute approximate surface area is 216 Å². The van der Waals surface area contributed by atoms with Crippen LogP contribution < -0.4 is 15.4 Å². The molecule has 194 valence electrons. The number of rotatable bonds is 8. The highest BCUT2D eigenvalue weighted by molar-refractivity contribution is 7.92. The summed E-state index contributed by atoms with van der Waals surface area (Å²) in [5.74, 6) is 1.07. The van der Waals surface area contributed by atoms with Crippen LogP contribution in [0.1, 0.15) is 38.2 Å². The molecular weight excluding hydrogens is 490 g/mol. The zero-order valence-corrected chi connectivity index (χ0v) is 21.7. The lowest BCUT2D eigenvalue weighted by Gasteiger charge is -2.26. The van der Waals surface area contributed by atoms with E-state index in [0.717, 1.165) is 49.1 Å². The minimum absolute atomic E-state index is 0.201. The summed E-state index contributed by atoms with van der Waals surface area (Å²) in [6, 6.07) is 13.9. The minimum Gasteiger partial charge on any atom is -0.393 e. The molecule has 1 saturated carbocycles. The van der Waals surface area contributed by atoms with Gasteiger partial charge in [-0.1, -0.05) is 17.7 Å². The highest BCUT2D eigenvalue weighted by Crippen LogP contribution is 2.27. The molecule has 2 aromatic heterocycles. The number of sulfonamides is 1. The van der Waals surface area contributed by atoms with Gasteiger partial charge in [-0.05, 0) is 75.9 Å². The maximum absolute atomic E-state index is 12.7. The van der Waals surface area contributed by atoms with Gasteiger partial charge in [0.1, 0.15) is 0 Å². The van der Waals surface area contributed by atoms with Crippen molar-refractivity contribution in [2.24, 2.45) is 0 Å². The smallest absolute Gasteiger partial charge is 0.261 e. The van der Waals surface area contributed by atoms with Gasteiger partial charge in [0.25, 0.3) is 10.0 Å². The fourth-order valence-electron chi connectivity index (χ4n) is 4.42. The van der Waals surface area contributed by atoms with Gasteiger partial charge >= 0.3 is 0 Å². The summed E-state index contributed by atoms with van der Waals surface area (Å²) in [7, 11) is -3.68. The molecule has 37 heavy (non-hydrogen) atoms. The molecule has 0 amide bonds. The molecule has 0 spiro atoms. The van der Waals surface area contributed by atoms with Crippen LogP contribution in [0.25, 0.3) is 11.2 Å². The number of aryl methyl sites for hydroxylation is 2. The summed E-state index contributed by atoms with van der Waals surface area (Å²) >= 11 is 0. The van der Waals surface area contributed by atoms with E-state index in [1.807, 2.05) is 18.4 Å². The van der Waals surface area contributed by atoms with E-state index >= 15 is 0 Å². The van der Waals surface area contributed by atoms with Gasteiger partial charge in [0, 0.05) is 24.0 Å². The van der Waals surface area contributed by atoms with Crippen molar-refractivity contribution in [1.82, 2.24) is 19.5 Å². The molecule has 10 nitrogen and oxygen atoms in total. The van der Waals surface area contributed by atoms with Gasteiger partial charge in [-0.3, -0.25) is 4.72 Å². The van der Waals surface area contributed by atoms with E-state index in [0.29, 0.717) is 23.0 Å². The first-order chi connectivity index (χ1) is 17.8. The second-order valence-electron chi connectivity index (χ2n) is 9.37. The maximum Gasteiger partial charge on any atom is 0.261 e. The molecule has 2 aromatic carbocycles. The van der Waals surface area contributed by atoms with Crippen molar-refractivity contribution in [1.29, 1.82) is 0 Å². The van der Waals surface area contributed by atoms with Crippen LogP contribution in [-0.2, 0) is 16.6 Å². The van der Waals surface area contributed by atoms with E-state index < -0.39 is 10.0 Å². The van der Waals surface area contributed by atoms with Crippen LogP contribution in [0.4, 0.5) is 23.1 Å². The quantitative estimate of drug-likeness (QED) is 0.268. The Morgan fingerprint density at radius 1 is 0.973 bits per heavy atom. The highest BCUT2D eigenvalue weighted by Gasteiger charge is 2.21. The average molecular weight is 522 g/mol. The Morgan fingerprint density at radius 3 is 2.32 bits per heavy atom. The zero-order valence-electron chi connectivity index (χ0n) is 20.8. The van der Waals surface area contributed by atoms with Crippen molar-refractivity contribution in [2.45, 2.75) is 63.1 Å². The fraction of sp³-hybridized carbons (Fsp3) is 0.346. The molecule has 1 aliphatic rings. The normalized spacial score (nSPS) is 18.0. The minimum atomic E-state index is -3.68. The van der Waals surface area contributed by atoms with Crippen LogP contribution in [0.2, 0.25) is 0 Å². The lowest BCUT2D eigenvalue weighted by molar-refractivity contribution is 0.126. The first-order valence-corrected chi connectivity index (χ1v) is 13.9. The Morgan fingerprint density at radius 2 is 1.65 bits per heavy atom. The predicted octanol–water partition coefficient (Wildman–Crippen LogP) is 4.41. The summed E-state index contributed by atoms with van der Waals surface area (Å²) in [5.41, 5.74) is 3.55. The molecule has 1 fully saturated rings. The number of imidazole rings is 1. The molecule has 2 heterocycles. The lowest BCUT2D eigenvalue weighted by Crippen LogP contribution is -2.29. The highest BCUT2D eigenvalue weighted by atomic mass is 32.2.